The Morgan fingerprint density at radius 2 is 1.71 bits per heavy atom. The molecule has 1 heterocycles. The Morgan fingerprint density at radius 3 is 2.24 bits per heavy atom. The summed E-state index contributed by atoms with van der Waals surface area (Å²) in [7, 11) is 4.10. The minimum Gasteiger partial charge on any atom is -0.378 e. The van der Waals surface area contributed by atoms with Crippen LogP contribution in [0.25, 0.3) is 0 Å². The van der Waals surface area contributed by atoms with Gasteiger partial charge in [0.05, 0.1) is 0 Å². The molecule has 0 aliphatic carbocycles. The van der Waals surface area contributed by atoms with Crippen molar-refractivity contribution in [3.63, 3.8) is 0 Å². The molecular formula is C17H27N3O. The highest BCUT2D eigenvalue weighted by Crippen LogP contribution is 2.21. The number of anilines is 2. The van der Waals surface area contributed by atoms with Gasteiger partial charge in [-0.3, -0.25) is 4.79 Å². The molecule has 1 aliphatic rings. The molecule has 1 aliphatic heterocycles. The normalized spacial score (nSPS) is 15.2. The van der Waals surface area contributed by atoms with Crippen molar-refractivity contribution in [2.45, 2.75) is 26.2 Å². The van der Waals surface area contributed by atoms with Gasteiger partial charge in [-0.1, -0.05) is 13.3 Å². The number of rotatable bonds is 5. The highest BCUT2D eigenvalue weighted by atomic mass is 16.2. The van der Waals surface area contributed by atoms with Gasteiger partial charge in [0.2, 0.25) is 5.91 Å². The van der Waals surface area contributed by atoms with Crippen LogP contribution in [-0.2, 0) is 4.79 Å². The Hall–Kier alpha value is -1.71. The highest BCUT2D eigenvalue weighted by Gasteiger charge is 2.20. The number of carbonyl (C=O) groups is 1. The van der Waals surface area contributed by atoms with Crippen molar-refractivity contribution in [1.29, 1.82) is 0 Å². The van der Waals surface area contributed by atoms with E-state index in [1.807, 2.05) is 4.90 Å². The number of amides is 1. The Bertz CT molecular complexity index is 448. The molecule has 1 amide bonds. The van der Waals surface area contributed by atoms with Crippen LogP contribution in [0.3, 0.4) is 0 Å². The van der Waals surface area contributed by atoms with Crippen LogP contribution in [0.1, 0.15) is 26.2 Å². The van der Waals surface area contributed by atoms with Gasteiger partial charge in [0.1, 0.15) is 0 Å². The highest BCUT2D eigenvalue weighted by molar-refractivity contribution is 5.76. The lowest BCUT2D eigenvalue weighted by atomic mass is 10.2. The van der Waals surface area contributed by atoms with Gasteiger partial charge in [-0.05, 0) is 30.7 Å². The van der Waals surface area contributed by atoms with Crippen molar-refractivity contribution < 1.29 is 4.79 Å². The Morgan fingerprint density at radius 1 is 1.10 bits per heavy atom. The molecule has 2 rings (SSSR count). The zero-order valence-electron chi connectivity index (χ0n) is 13.5. The summed E-state index contributed by atoms with van der Waals surface area (Å²) < 4.78 is 0. The molecule has 0 unspecified atom stereocenters. The minimum absolute atomic E-state index is 0.319. The standard InChI is InChI=1S/C17H27N3O/c1-4-5-6-17(21)20-13-11-19(12-14-20)16-9-7-15(8-10-16)18(2)3/h7-10H,4-6,11-14H2,1-3H3. The summed E-state index contributed by atoms with van der Waals surface area (Å²) in [6.45, 7) is 5.68. The Kier molecular flexibility index (Phi) is 5.48. The molecule has 1 fully saturated rings. The van der Waals surface area contributed by atoms with Crippen LogP contribution in [0.5, 0.6) is 0 Å². The van der Waals surface area contributed by atoms with Gasteiger partial charge in [0.25, 0.3) is 0 Å². The first-order valence-electron chi connectivity index (χ1n) is 7.92. The van der Waals surface area contributed by atoms with Crippen molar-refractivity contribution in [3.05, 3.63) is 24.3 Å². The summed E-state index contributed by atoms with van der Waals surface area (Å²) in [5, 5.41) is 0. The van der Waals surface area contributed by atoms with Gasteiger partial charge >= 0.3 is 0 Å². The predicted molar refractivity (Wildman–Crippen MR) is 89.1 cm³/mol. The maximum Gasteiger partial charge on any atom is 0.222 e. The van der Waals surface area contributed by atoms with E-state index in [-0.39, 0.29) is 0 Å². The molecule has 0 atom stereocenters. The number of unbranched alkanes of at least 4 members (excludes halogenated alkanes) is 1. The maximum atomic E-state index is 12.0. The van der Waals surface area contributed by atoms with E-state index >= 15 is 0 Å². The van der Waals surface area contributed by atoms with Gasteiger partial charge < -0.3 is 14.7 Å². The van der Waals surface area contributed by atoms with Crippen LogP contribution in [0, 0.1) is 0 Å². The van der Waals surface area contributed by atoms with Crippen molar-refractivity contribution in [2.75, 3.05) is 50.1 Å². The van der Waals surface area contributed by atoms with E-state index in [1.165, 1.54) is 11.4 Å². The lowest BCUT2D eigenvalue weighted by Gasteiger charge is -2.36. The molecule has 0 aromatic heterocycles. The van der Waals surface area contributed by atoms with Gasteiger partial charge in [-0.15, -0.1) is 0 Å². The van der Waals surface area contributed by atoms with Crippen molar-refractivity contribution in [3.8, 4) is 0 Å². The molecule has 4 nitrogen and oxygen atoms in total. The van der Waals surface area contributed by atoms with E-state index in [0.717, 1.165) is 39.0 Å². The third kappa shape index (κ3) is 4.13. The van der Waals surface area contributed by atoms with Gasteiger partial charge in [-0.25, -0.2) is 0 Å². The molecule has 1 aromatic rings. The molecule has 0 N–H and O–H groups in total. The average Bonchev–Trinajstić information content (AvgIpc) is 2.53. The number of hydrogen-bond donors (Lipinski definition) is 0. The molecule has 21 heavy (non-hydrogen) atoms. The largest absolute Gasteiger partial charge is 0.378 e. The molecule has 0 radical (unpaired) electrons. The molecule has 4 heteroatoms. The predicted octanol–water partition coefficient (Wildman–Crippen LogP) is 2.59. The van der Waals surface area contributed by atoms with Crippen LogP contribution in [0.4, 0.5) is 11.4 Å². The average molecular weight is 289 g/mol. The van der Waals surface area contributed by atoms with E-state index in [0.29, 0.717) is 12.3 Å². The summed E-state index contributed by atoms with van der Waals surface area (Å²) in [6, 6.07) is 8.63. The first kappa shape index (κ1) is 15.7. The number of nitrogens with zero attached hydrogens (tertiary/aromatic N) is 3. The summed E-state index contributed by atoms with van der Waals surface area (Å²) in [5.41, 5.74) is 2.47. The van der Waals surface area contributed by atoms with Crippen LogP contribution in [0.15, 0.2) is 24.3 Å². The van der Waals surface area contributed by atoms with Crippen molar-refractivity contribution >= 4 is 17.3 Å². The molecule has 0 bridgehead atoms. The third-order valence-corrected chi connectivity index (χ3v) is 4.11. The molecular weight excluding hydrogens is 262 g/mol. The van der Waals surface area contributed by atoms with Gasteiger partial charge in [0.15, 0.2) is 0 Å². The Balaban J connectivity index is 1.87. The van der Waals surface area contributed by atoms with Crippen LogP contribution < -0.4 is 9.80 Å². The van der Waals surface area contributed by atoms with Gasteiger partial charge in [0, 0.05) is 58.1 Å². The maximum absolute atomic E-state index is 12.0. The zero-order valence-corrected chi connectivity index (χ0v) is 13.5. The molecule has 0 spiro atoms. The quantitative estimate of drug-likeness (QED) is 0.833. The van der Waals surface area contributed by atoms with Crippen LogP contribution in [0.2, 0.25) is 0 Å². The van der Waals surface area contributed by atoms with Crippen molar-refractivity contribution in [2.24, 2.45) is 0 Å². The molecule has 1 saturated heterocycles. The lowest BCUT2D eigenvalue weighted by Crippen LogP contribution is -2.48. The Labute approximate surface area is 128 Å². The van der Waals surface area contributed by atoms with Crippen LogP contribution >= 0.6 is 0 Å². The fourth-order valence-corrected chi connectivity index (χ4v) is 2.66. The minimum atomic E-state index is 0.319. The monoisotopic (exact) mass is 289 g/mol. The molecule has 1 aromatic carbocycles. The van der Waals surface area contributed by atoms with E-state index < -0.39 is 0 Å². The molecule has 0 saturated carbocycles. The number of carbonyl (C=O) groups excluding carboxylic acids is 1. The van der Waals surface area contributed by atoms with Crippen molar-refractivity contribution in [1.82, 2.24) is 4.90 Å². The smallest absolute Gasteiger partial charge is 0.222 e. The fraction of sp³-hybridized carbons (Fsp3) is 0.588. The van der Waals surface area contributed by atoms with E-state index in [2.05, 4.69) is 55.1 Å². The summed E-state index contributed by atoms with van der Waals surface area (Å²) >= 11 is 0. The lowest BCUT2D eigenvalue weighted by molar-refractivity contribution is -0.131. The van der Waals surface area contributed by atoms with Gasteiger partial charge in [-0.2, -0.15) is 0 Å². The number of benzene rings is 1. The second kappa shape index (κ2) is 7.34. The third-order valence-electron chi connectivity index (χ3n) is 4.11. The SMILES string of the molecule is CCCCC(=O)N1CCN(c2ccc(N(C)C)cc2)CC1. The molecule has 116 valence electrons. The first-order chi connectivity index (χ1) is 10.1. The second-order valence-corrected chi connectivity index (χ2v) is 5.88. The van der Waals surface area contributed by atoms with E-state index in [1.54, 1.807) is 0 Å². The summed E-state index contributed by atoms with van der Waals surface area (Å²) in [5.74, 6) is 0.319. The summed E-state index contributed by atoms with van der Waals surface area (Å²) in [4.78, 5) is 18.5. The van der Waals surface area contributed by atoms with Crippen LogP contribution in [-0.4, -0.2) is 51.1 Å². The number of hydrogen-bond acceptors (Lipinski definition) is 3. The zero-order chi connectivity index (χ0) is 15.2. The topological polar surface area (TPSA) is 26.8 Å². The summed E-state index contributed by atoms with van der Waals surface area (Å²) in [6.07, 6.45) is 2.79. The fourth-order valence-electron chi connectivity index (χ4n) is 2.66. The van der Waals surface area contributed by atoms with E-state index in [9.17, 15) is 4.79 Å². The second-order valence-electron chi connectivity index (χ2n) is 5.88. The van der Waals surface area contributed by atoms with E-state index in [4.69, 9.17) is 0 Å². The first-order valence-corrected chi connectivity index (χ1v) is 7.92. The number of piperazine rings is 1.